The number of amides is 2. The number of halogens is 3. The molecule has 3 aromatic rings. The molecule has 0 aliphatic carbocycles. The van der Waals surface area contributed by atoms with Crippen LogP contribution >= 0.6 is 0 Å². The van der Waals surface area contributed by atoms with Gasteiger partial charge in [-0.3, -0.25) is 9.59 Å². The predicted molar refractivity (Wildman–Crippen MR) is 120 cm³/mol. The molecule has 0 atom stereocenters. The Hall–Kier alpha value is -4.27. The molecule has 1 N–H and O–H groups in total. The van der Waals surface area contributed by atoms with E-state index >= 15 is 0 Å². The zero-order valence-electron chi connectivity index (χ0n) is 18.1. The molecule has 0 saturated heterocycles. The number of anilines is 2. The summed E-state index contributed by atoms with van der Waals surface area (Å²) in [5.41, 5.74) is 1.65. The molecule has 3 aromatic carbocycles. The molecule has 4 rings (SSSR count). The number of hydrogen-bond acceptors (Lipinski definition) is 5. The van der Waals surface area contributed by atoms with Crippen molar-refractivity contribution in [2.45, 2.75) is 13.3 Å². The molecule has 0 spiro atoms. The van der Waals surface area contributed by atoms with Crippen molar-refractivity contribution in [3.05, 3.63) is 89.6 Å². The fourth-order valence-electron chi connectivity index (χ4n) is 3.66. The standard InChI is InChI=1S/C25H19F3N2O4/c1-15-7-5-9-17(13-15)30-23(31)21(19-11-3-4-12-20(19)33-2)22(24(30)32)29-16-8-6-10-18(14-16)34-25(26,27)28/h3-14,29H,1-2H3. The first-order valence-electron chi connectivity index (χ1n) is 10.1. The van der Waals surface area contributed by atoms with Gasteiger partial charge in [0.1, 0.15) is 17.2 Å². The highest BCUT2D eigenvalue weighted by Gasteiger charge is 2.41. The number of aryl methyl sites for hydroxylation is 1. The largest absolute Gasteiger partial charge is 0.573 e. The maximum atomic E-state index is 13.5. The van der Waals surface area contributed by atoms with Crippen molar-refractivity contribution < 1.29 is 32.2 Å². The van der Waals surface area contributed by atoms with E-state index in [9.17, 15) is 22.8 Å². The van der Waals surface area contributed by atoms with Gasteiger partial charge in [0.25, 0.3) is 11.8 Å². The summed E-state index contributed by atoms with van der Waals surface area (Å²) in [5.74, 6) is -1.36. The lowest BCUT2D eigenvalue weighted by Crippen LogP contribution is -2.32. The molecule has 0 saturated carbocycles. The molecule has 9 heteroatoms. The molecule has 0 bridgehead atoms. The Balaban J connectivity index is 1.82. The number of rotatable bonds is 6. The van der Waals surface area contributed by atoms with Crippen LogP contribution < -0.4 is 19.7 Å². The summed E-state index contributed by atoms with van der Waals surface area (Å²) in [5, 5.41) is 2.83. The van der Waals surface area contributed by atoms with Crippen LogP contribution in [-0.4, -0.2) is 25.3 Å². The van der Waals surface area contributed by atoms with Crippen molar-refractivity contribution in [1.82, 2.24) is 0 Å². The molecule has 174 valence electrons. The zero-order chi connectivity index (χ0) is 24.5. The molecule has 1 heterocycles. The van der Waals surface area contributed by atoms with E-state index in [1.54, 1.807) is 42.5 Å². The summed E-state index contributed by atoms with van der Waals surface area (Å²) in [6, 6.07) is 18.6. The fourth-order valence-corrected chi connectivity index (χ4v) is 3.66. The van der Waals surface area contributed by atoms with Crippen molar-refractivity contribution in [3.63, 3.8) is 0 Å². The highest BCUT2D eigenvalue weighted by atomic mass is 19.4. The van der Waals surface area contributed by atoms with Crippen molar-refractivity contribution >= 4 is 28.8 Å². The lowest BCUT2D eigenvalue weighted by Gasteiger charge is -2.16. The van der Waals surface area contributed by atoms with Crippen LogP contribution in [0, 0.1) is 6.92 Å². The molecule has 1 aliphatic rings. The molecule has 0 radical (unpaired) electrons. The number of ether oxygens (including phenoxy) is 2. The molecule has 6 nitrogen and oxygen atoms in total. The van der Waals surface area contributed by atoms with Gasteiger partial charge < -0.3 is 14.8 Å². The predicted octanol–water partition coefficient (Wildman–Crippen LogP) is 5.30. The number of methoxy groups -OCH3 is 1. The third-order valence-corrected chi connectivity index (χ3v) is 5.06. The van der Waals surface area contributed by atoms with Gasteiger partial charge in [-0.05, 0) is 42.8 Å². The normalized spacial score (nSPS) is 14.0. The van der Waals surface area contributed by atoms with Gasteiger partial charge in [-0.2, -0.15) is 0 Å². The average Bonchev–Trinajstić information content (AvgIpc) is 3.02. The second-order valence-electron chi connectivity index (χ2n) is 7.44. The van der Waals surface area contributed by atoms with Gasteiger partial charge in [0, 0.05) is 17.3 Å². The number of nitrogens with one attached hydrogen (secondary N) is 1. The second kappa shape index (κ2) is 8.93. The second-order valence-corrected chi connectivity index (χ2v) is 7.44. The summed E-state index contributed by atoms with van der Waals surface area (Å²) >= 11 is 0. The third-order valence-electron chi connectivity index (χ3n) is 5.06. The van der Waals surface area contributed by atoms with Gasteiger partial charge in [0.15, 0.2) is 0 Å². The quantitative estimate of drug-likeness (QED) is 0.498. The Kier molecular flexibility index (Phi) is 6.02. The van der Waals surface area contributed by atoms with Crippen LogP contribution in [-0.2, 0) is 9.59 Å². The molecule has 1 aliphatic heterocycles. The summed E-state index contributed by atoms with van der Waals surface area (Å²) in [6.45, 7) is 1.83. The highest BCUT2D eigenvalue weighted by molar-refractivity contribution is 6.46. The summed E-state index contributed by atoms with van der Waals surface area (Å²) in [4.78, 5) is 28.0. The van der Waals surface area contributed by atoms with Gasteiger partial charge in [-0.15, -0.1) is 13.2 Å². The Bertz CT molecular complexity index is 1300. The number of imide groups is 1. The molecule has 34 heavy (non-hydrogen) atoms. The van der Waals surface area contributed by atoms with Crippen LogP contribution in [0.5, 0.6) is 11.5 Å². The Morgan fingerprint density at radius 1 is 0.882 bits per heavy atom. The molecule has 0 fully saturated rings. The minimum absolute atomic E-state index is 0.0334. The lowest BCUT2D eigenvalue weighted by atomic mass is 10.0. The highest BCUT2D eigenvalue weighted by Crippen LogP contribution is 2.38. The first-order valence-corrected chi connectivity index (χ1v) is 10.1. The van der Waals surface area contributed by atoms with Gasteiger partial charge >= 0.3 is 6.36 Å². The van der Waals surface area contributed by atoms with Crippen LogP contribution in [0.3, 0.4) is 0 Å². The van der Waals surface area contributed by atoms with Crippen molar-refractivity contribution in [3.8, 4) is 11.5 Å². The SMILES string of the molecule is COc1ccccc1C1=C(Nc2cccc(OC(F)(F)F)c2)C(=O)N(c2cccc(C)c2)C1=O. The number of hydrogen-bond donors (Lipinski definition) is 1. The minimum atomic E-state index is -4.87. The van der Waals surface area contributed by atoms with Gasteiger partial charge in [0.05, 0.1) is 18.4 Å². The van der Waals surface area contributed by atoms with E-state index in [2.05, 4.69) is 10.1 Å². The molecule has 0 unspecified atom stereocenters. The van der Waals surface area contributed by atoms with Crippen LogP contribution in [0.25, 0.3) is 5.57 Å². The maximum absolute atomic E-state index is 13.5. The third kappa shape index (κ3) is 4.59. The number of carbonyl (C=O) groups excluding carboxylic acids is 2. The first kappa shape index (κ1) is 22.9. The maximum Gasteiger partial charge on any atom is 0.573 e. The first-order chi connectivity index (χ1) is 16.2. The van der Waals surface area contributed by atoms with Gasteiger partial charge in [-0.25, -0.2) is 4.90 Å². The van der Waals surface area contributed by atoms with Crippen molar-refractivity contribution in [2.24, 2.45) is 0 Å². The topological polar surface area (TPSA) is 67.9 Å². The van der Waals surface area contributed by atoms with Crippen LogP contribution in [0.4, 0.5) is 24.5 Å². The van der Waals surface area contributed by atoms with Gasteiger partial charge in [0.2, 0.25) is 0 Å². The molecular formula is C25H19F3N2O4. The van der Waals surface area contributed by atoms with E-state index in [0.717, 1.165) is 22.6 Å². The Labute approximate surface area is 193 Å². The van der Waals surface area contributed by atoms with Crippen molar-refractivity contribution in [1.29, 1.82) is 0 Å². The Morgan fingerprint density at radius 3 is 2.32 bits per heavy atom. The average molecular weight is 468 g/mol. The summed E-state index contributed by atoms with van der Waals surface area (Å²) in [7, 11) is 1.43. The number of para-hydroxylation sites is 1. The van der Waals surface area contributed by atoms with E-state index in [0.29, 0.717) is 17.0 Å². The summed E-state index contributed by atoms with van der Waals surface area (Å²) < 4.78 is 47.3. The van der Waals surface area contributed by atoms with E-state index < -0.39 is 23.9 Å². The Morgan fingerprint density at radius 2 is 1.62 bits per heavy atom. The number of benzene rings is 3. The van der Waals surface area contributed by atoms with Gasteiger partial charge in [-0.1, -0.05) is 36.4 Å². The van der Waals surface area contributed by atoms with E-state index in [4.69, 9.17) is 4.74 Å². The van der Waals surface area contributed by atoms with Crippen LogP contribution in [0.15, 0.2) is 78.5 Å². The van der Waals surface area contributed by atoms with E-state index in [1.165, 1.54) is 19.2 Å². The van der Waals surface area contributed by atoms with Crippen LogP contribution in [0.2, 0.25) is 0 Å². The zero-order valence-corrected chi connectivity index (χ0v) is 18.1. The lowest BCUT2D eigenvalue weighted by molar-refractivity contribution is -0.274. The molecule has 2 amide bonds. The van der Waals surface area contributed by atoms with Crippen molar-refractivity contribution in [2.75, 3.05) is 17.3 Å². The fraction of sp³-hybridized carbons (Fsp3) is 0.120. The number of nitrogens with zero attached hydrogens (tertiary/aromatic N) is 1. The van der Waals surface area contributed by atoms with E-state index in [1.807, 2.05) is 13.0 Å². The molecular weight excluding hydrogens is 449 g/mol. The number of carbonyl (C=O) groups is 2. The van der Waals surface area contributed by atoms with Crippen LogP contribution in [0.1, 0.15) is 11.1 Å². The smallest absolute Gasteiger partial charge is 0.496 e. The summed E-state index contributed by atoms with van der Waals surface area (Å²) in [6.07, 6.45) is -4.87. The number of alkyl halides is 3. The monoisotopic (exact) mass is 468 g/mol. The van der Waals surface area contributed by atoms with E-state index in [-0.39, 0.29) is 17.0 Å². The molecule has 0 aromatic heterocycles. The minimum Gasteiger partial charge on any atom is -0.496 e.